The minimum Gasteiger partial charge on any atom is -0.379 e. The van der Waals surface area contributed by atoms with Gasteiger partial charge < -0.3 is 5.32 Å². The van der Waals surface area contributed by atoms with Crippen molar-refractivity contribution in [1.82, 2.24) is 0 Å². The molecule has 1 N–H and O–H groups in total. The number of halogens is 4. The maximum Gasteiger partial charge on any atom is 0.398 e. The van der Waals surface area contributed by atoms with Crippen LogP contribution in [0.4, 0.5) is 18.9 Å². The summed E-state index contributed by atoms with van der Waals surface area (Å²) in [4.78, 5) is 1.73. The summed E-state index contributed by atoms with van der Waals surface area (Å²) in [6.07, 6.45) is -4.16. The molecule has 0 bridgehead atoms. The lowest BCUT2D eigenvalue weighted by atomic mass is 10.3. The second-order valence-corrected chi connectivity index (χ2v) is 7.52. The second kappa shape index (κ2) is 6.87. The van der Waals surface area contributed by atoms with Gasteiger partial charge in [0.1, 0.15) is 0 Å². The number of anilines is 1. The maximum atomic E-state index is 12.3. The fourth-order valence-corrected chi connectivity index (χ4v) is 3.74. The Kier molecular flexibility index (Phi) is 5.40. The van der Waals surface area contributed by atoms with Crippen molar-refractivity contribution in [3.05, 3.63) is 45.1 Å². The van der Waals surface area contributed by atoms with Crippen LogP contribution in [-0.2, 0) is 6.54 Å². The lowest BCUT2D eigenvalue weighted by Crippen LogP contribution is -2.10. The van der Waals surface area contributed by atoms with Crippen molar-refractivity contribution in [2.45, 2.75) is 17.6 Å². The molecule has 1 aromatic carbocycles. The quantitative estimate of drug-likeness (QED) is 0.659. The minimum absolute atomic E-state index is 0.597. The van der Waals surface area contributed by atoms with Gasteiger partial charge in [0.05, 0.1) is 9.54 Å². The molecule has 108 valence electrons. The second-order valence-electron chi connectivity index (χ2n) is 3.96. The van der Waals surface area contributed by atoms with Gasteiger partial charge >= 0.3 is 6.18 Å². The summed E-state index contributed by atoms with van der Waals surface area (Å²) in [7, 11) is 0. The highest BCUT2D eigenvalue weighted by Gasteiger charge is 2.27. The number of para-hydroxylation sites is 1. The molecule has 20 heavy (non-hydrogen) atoms. The molecule has 0 spiro atoms. The molecule has 1 nitrogen and oxygen atoms in total. The summed E-state index contributed by atoms with van der Waals surface area (Å²) in [5, 5.41) is 3.18. The van der Waals surface area contributed by atoms with Crippen LogP contribution in [0.1, 0.15) is 4.88 Å². The summed E-state index contributed by atoms with van der Waals surface area (Å²) in [6.45, 7) is 0.597. The number of nitrogens with one attached hydrogen (secondary N) is 1. The van der Waals surface area contributed by atoms with E-state index in [0.29, 0.717) is 11.4 Å². The standard InChI is InChI=1S/C13H11BrF3NS2/c14-12-6-5-9(20-12)7-18-10-3-1-2-4-11(10)19-8-13(15,16)17/h1-6,18H,7-8H2. The molecule has 0 amide bonds. The van der Waals surface area contributed by atoms with Crippen molar-refractivity contribution in [3.63, 3.8) is 0 Å². The normalized spacial score (nSPS) is 11.6. The average molecular weight is 382 g/mol. The van der Waals surface area contributed by atoms with E-state index >= 15 is 0 Å². The molecule has 1 heterocycles. The smallest absolute Gasteiger partial charge is 0.379 e. The molecule has 0 unspecified atom stereocenters. The topological polar surface area (TPSA) is 12.0 Å². The van der Waals surface area contributed by atoms with Crippen molar-refractivity contribution in [3.8, 4) is 0 Å². The number of rotatable bonds is 5. The van der Waals surface area contributed by atoms with Gasteiger partial charge in [0.25, 0.3) is 0 Å². The molecule has 0 aliphatic carbocycles. The lowest BCUT2D eigenvalue weighted by molar-refractivity contribution is -0.105. The van der Waals surface area contributed by atoms with Gasteiger partial charge in [0.15, 0.2) is 0 Å². The number of thiophene rings is 1. The van der Waals surface area contributed by atoms with Gasteiger partial charge in [-0.25, -0.2) is 0 Å². The average Bonchev–Trinajstić information content (AvgIpc) is 2.80. The zero-order valence-corrected chi connectivity index (χ0v) is 13.4. The lowest BCUT2D eigenvalue weighted by Gasteiger charge is -2.12. The molecule has 0 aliphatic heterocycles. The molecule has 0 saturated carbocycles. The molecule has 0 saturated heterocycles. The van der Waals surface area contributed by atoms with Crippen molar-refractivity contribution in [1.29, 1.82) is 0 Å². The van der Waals surface area contributed by atoms with Gasteiger partial charge in [0, 0.05) is 22.0 Å². The fourth-order valence-electron chi connectivity index (χ4n) is 1.53. The highest BCUT2D eigenvalue weighted by molar-refractivity contribution is 9.11. The molecule has 7 heteroatoms. The zero-order valence-electron chi connectivity index (χ0n) is 10.2. The first-order chi connectivity index (χ1) is 9.44. The summed E-state index contributed by atoms with van der Waals surface area (Å²) < 4.78 is 37.9. The molecule has 0 fully saturated rings. The number of benzene rings is 1. The van der Waals surface area contributed by atoms with Crippen LogP contribution in [0, 0.1) is 0 Å². The van der Waals surface area contributed by atoms with Crippen molar-refractivity contribution >= 4 is 44.7 Å². The van der Waals surface area contributed by atoms with Crippen LogP contribution >= 0.6 is 39.0 Å². The van der Waals surface area contributed by atoms with Crippen LogP contribution in [0.5, 0.6) is 0 Å². The summed E-state index contributed by atoms with van der Waals surface area (Å²) in [5.74, 6) is -0.879. The van der Waals surface area contributed by atoms with Gasteiger partial charge in [-0.2, -0.15) is 13.2 Å². The number of alkyl halides is 3. The molecule has 1 aromatic heterocycles. The minimum atomic E-state index is -4.16. The van der Waals surface area contributed by atoms with Crippen LogP contribution in [0.3, 0.4) is 0 Å². The van der Waals surface area contributed by atoms with E-state index in [9.17, 15) is 13.2 Å². The number of hydrogen-bond donors (Lipinski definition) is 1. The molecule has 2 rings (SSSR count). The van der Waals surface area contributed by atoms with Crippen LogP contribution in [0.25, 0.3) is 0 Å². The van der Waals surface area contributed by atoms with Crippen molar-refractivity contribution < 1.29 is 13.2 Å². The molecule has 0 radical (unpaired) electrons. The Labute approximate surface area is 131 Å². The van der Waals surface area contributed by atoms with Crippen molar-refractivity contribution in [2.75, 3.05) is 11.1 Å². The molecule has 0 aliphatic rings. The first-order valence-corrected chi connectivity index (χ1v) is 8.30. The Morgan fingerprint density at radius 1 is 1.15 bits per heavy atom. The molecular formula is C13H11BrF3NS2. The van der Waals surface area contributed by atoms with Gasteiger partial charge in [0.2, 0.25) is 0 Å². The van der Waals surface area contributed by atoms with E-state index < -0.39 is 11.9 Å². The Morgan fingerprint density at radius 2 is 1.90 bits per heavy atom. The largest absolute Gasteiger partial charge is 0.398 e. The highest BCUT2D eigenvalue weighted by atomic mass is 79.9. The van der Waals surface area contributed by atoms with Gasteiger partial charge in [-0.3, -0.25) is 0 Å². The van der Waals surface area contributed by atoms with Crippen LogP contribution in [0.15, 0.2) is 45.1 Å². The van der Waals surface area contributed by atoms with E-state index in [4.69, 9.17) is 0 Å². The monoisotopic (exact) mass is 381 g/mol. The summed E-state index contributed by atoms with van der Waals surface area (Å²) >= 11 is 5.78. The van der Waals surface area contributed by atoms with Gasteiger partial charge in [-0.15, -0.1) is 23.1 Å². The predicted octanol–water partition coefficient (Wildman–Crippen LogP) is 5.78. The van der Waals surface area contributed by atoms with E-state index in [1.54, 1.807) is 29.5 Å². The Bertz CT molecular complexity index is 569. The van der Waals surface area contributed by atoms with Crippen molar-refractivity contribution in [2.24, 2.45) is 0 Å². The van der Waals surface area contributed by atoms with E-state index in [-0.39, 0.29) is 0 Å². The van der Waals surface area contributed by atoms with E-state index in [0.717, 1.165) is 26.1 Å². The van der Waals surface area contributed by atoms with Gasteiger partial charge in [-0.05, 0) is 40.2 Å². The summed E-state index contributed by atoms with van der Waals surface area (Å²) in [6, 6.07) is 11.0. The molecule has 0 atom stereocenters. The Morgan fingerprint density at radius 3 is 2.55 bits per heavy atom. The third-order valence-electron chi connectivity index (χ3n) is 2.36. The van der Waals surface area contributed by atoms with Crippen LogP contribution < -0.4 is 5.32 Å². The third kappa shape index (κ3) is 5.03. The first kappa shape index (κ1) is 15.7. The fraction of sp³-hybridized carbons (Fsp3) is 0.231. The van der Waals surface area contributed by atoms with E-state index in [1.807, 2.05) is 18.2 Å². The third-order valence-corrected chi connectivity index (χ3v) is 5.12. The van der Waals surface area contributed by atoms with Gasteiger partial charge in [-0.1, -0.05) is 12.1 Å². The summed E-state index contributed by atoms with van der Waals surface area (Å²) in [5.41, 5.74) is 0.728. The first-order valence-electron chi connectivity index (χ1n) is 5.71. The SMILES string of the molecule is FC(F)(F)CSc1ccccc1NCc1ccc(Br)s1. The Balaban J connectivity index is 2.00. The maximum absolute atomic E-state index is 12.3. The van der Waals surface area contributed by atoms with E-state index in [2.05, 4.69) is 21.2 Å². The predicted molar refractivity (Wildman–Crippen MR) is 82.6 cm³/mol. The van der Waals surface area contributed by atoms with Crippen LogP contribution in [-0.4, -0.2) is 11.9 Å². The van der Waals surface area contributed by atoms with E-state index in [1.165, 1.54) is 0 Å². The molecular weight excluding hydrogens is 371 g/mol. The zero-order chi connectivity index (χ0) is 14.6. The number of hydrogen-bond acceptors (Lipinski definition) is 3. The molecule has 2 aromatic rings. The Hall–Kier alpha value is -0.660. The highest BCUT2D eigenvalue weighted by Crippen LogP contribution is 2.32. The number of thioether (sulfide) groups is 1. The van der Waals surface area contributed by atoms with Crippen LogP contribution in [0.2, 0.25) is 0 Å².